The summed E-state index contributed by atoms with van der Waals surface area (Å²) < 4.78 is 0.905. The molecule has 1 aromatic heterocycles. The normalized spacial score (nSPS) is 10.4. The third-order valence-electron chi connectivity index (χ3n) is 3.00. The van der Waals surface area contributed by atoms with E-state index in [1.54, 1.807) is 0 Å². The van der Waals surface area contributed by atoms with Crippen molar-refractivity contribution in [2.24, 2.45) is 0 Å². The quantitative estimate of drug-likeness (QED) is 0.851. The molecule has 94 valence electrons. The molecule has 0 aliphatic heterocycles. The molecule has 0 bridgehead atoms. The zero-order chi connectivity index (χ0) is 13.0. The fraction of sp³-hybridized carbons (Fsp3) is 0.267. The Kier molecular flexibility index (Phi) is 4.37. The zero-order valence-electron chi connectivity index (χ0n) is 10.7. The SMILES string of the molecule is CCc1ccccc1CNc1cnc(Br)c(C)c1. The fourth-order valence-electron chi connectivity index (χ4n) is 1.93. The number of pyridine rings is 1. The maximum atomic E-state index is 4.29. The summed E-state index contributed by atoms with van der Waals surface area (Å²) >= 11 is 3.41. The van der Waals surface area contributed by atoms with Crippen molar-refractivity contribution in [3.8, 4) is 0 Å². The van der Waals surface area contributed by atoms with Crippen molar-refractivity contribution in [1.82, 2.24) is 4.98 Å². The van der Waals surface area contributed by atoms with Gasteiger partial charge in [-0.05, 0) is 52.0 Å². The molecule has 0 saturated heterocycles. The second kappa shape index (κ2) is 6.01. The number of rotatable bonds is 4. The predicted octanol–water partition coefficient (Wildman–Crippen LogP) is 4.33. The summed E-state index contributed by atoms with van der Waals surface area (Å²) in [5.41, 5.74) is 4.94. The lowest BCUT2D eigenvalue weighted by Gasteiger charge is -2.10. The molecule has 0 saturated carbocycles. The average Bonchev–Trinajstić information content (AvgIpc) is 2.40. The minimum Gasteiger partial charge on any atom is -0.380 e. The smallest absolute Gasteiger partial charge is 0.109 e. The first-order valence-corrected chi connectivity index (χ1v) is 6.92. The molecule has 0 aliphatic rings. The van der Waals surface area contributed by atoms with Gasteiger partial charge in [0, 0.05) is 6.54 Å². The molecule has 0 fully saturated rings. The van der Waals surface area contributed by atoms with Gasteiger partial charge in [-0.15, -0.1) is 0 Å². The van der Waals surface area contributed by atoms with Gasteiger partial charge in [-0.2, -0.15) is 0 Å². The first kappa shape index (κ1) is 13.1. The molecule has 1 N–H and O–H groups in total. The Labute approximate surface area is 117 Å². The number of nitrogens with one attached hydrogen (secondary N) is 1. The summed E-state index contributed by atoms with van der Waals surface area (Å²) in [6.45, 7) is 5.07. The number of halogens is 1. The van der Waals surface area contributed by atoms with E-state index in [0.717, 1.165) is 28.8 Å². The van der Waals surface area contributed by atoms with Crippen molar-refractivity contribution in [2.75, 3.05) is 5.32 Å². The summed E-state index contributed by atoms with van der Waals surface area (Å²) in [6.07, 6.45) is 2.92. The van der Waals surface area contributed by atoms with Gasteiger partial charge in [0.15, 0.2) is 0 Å². The van der Waals surface area contributed by atoms with Gasteiger partial charge in [0.05, 0.1) is 11.9 Å². The minimum absolute atomic E-state index is 0.840. The van der Waals surface area contributed by atoms with Crippen molar-refractivity contribution < 1.29 is 0 Å². The molecule has 0 unspecified atom stereocenters. The van der Waals surface area contributed by atoms with E-state index in [1.807, 2.05) is 13.1 Å². The highest BCUT2D eigenvalue weighted by Crippen LogP contribution is 2.18. The van der Waals surface area contributed by atoms with Crippen LogP contribution < -0.4 is 5.32 Å². The zero-order valence-corrected chi connectivity index (χ0v) is 12.3. The summed E-state index contributed by atoms with van der Waals surface area (Å²) in [5.74, 6) is 0. The molecule has 0 atom stereocenters. The summed E-state index contributed by atoms with van der Waals surface area (Å²) in [4.78, 5) is 4.29. The molecule has 2 rings (SSSR count). The Morgan fingerprint density at radius 3 is 2.61 bits per heavy atom. The van der Waals surface area contributed by atoms with E-state index in [4.69, 9.17) is 0 Å². The highest BCUT2D eigenvalue weighted by Gasteiger charge is 2.01. The minimum atomic E-state index is 0.840. The average molecular weight is 305 g/mol. The van der Waals surface area contributed by atoms with Crippen LogP contribution in [0.2, 0.25) is 0 Å². The highest BCUT2D eigenvalue weighted by molar-refractivity contribution is 9.10. The van der Waals surface area contributed by atoms with E-state index in [1.165, 1.54) is 11.1 Å². The van der Waals surface area contributed by atoms with E-state index >= 15 is 0 Å². The predicted molar refractivity (Wildman–Crippen MR) is 79.8 cm³/mol. The maximum Gasteiger partial charge on any atom is 0.109 e. The van der Waals surface area contributed by atoms with Crippen LogP contribution in [0.25, 0.3) is 0 Å². The van der Waals surface area contributed by atoms with E-state index in [0.29, 0.717) is 0 Å². The Hall–Kier alpha value is -1.35. The largest absolute Gasteiger partial charge is 0.380 e. The van der Waals surface area contributed by atoms with Crippen LogP contribution in [0, 0.1) is 6.92 Å². The van der Waals surface area contributed by atoms with Gasteiger partial charge >= 0.3 is 0 Å². The summed E-state index contributed by atoms with van der Waals surface area (Å²) in [5, 5.41) is 3.42. The van der Waals surface area contributed by atoms with E-state index < -0.39 is 0 Å². The maximum absolute atomic E-state index is 4.29. The molecular weight excluding hydrogens is 288 g/mol. The Morgan fingerprint density at radius 1 is 1.22 bits per heavy atom. The third kappa shape index (κ3) is 3.10. The van der Waals surface area contributed by atoms with Crippen LogP contribution in [-0.4, -0.2) is 4.98 Å². The number of hydrogen-bond acceptors (Lipinski definition) is 2. The van der Waals surface area contributed by atoms with Crippen molar-refractivity contribution in [1.29, 1.82) is 0 Å². The van der Waals surface area contributed by atoms with Gasteiger partial charge in [-0.1, -0.05) is 31.2 Å². The highest BCUT2D eigenvalue weighted by atomic mass is 79.9. The van der Waals surface area contributed by atoms with Gasteiger partial charge in [-0.3, -0.25) is 0 Å². The molecule has 0 spiro atoms. The first-order chi connectivity index (χ1) is 8.70. The number of anilines is 1. The van der Waals surface area contributed by atoms with Gasteiger partial charge in [0.25, 0.3) is 0 Å². The number of nitrogens with zero attached hydrogens (tertiary/aromatic N) is 1. The van der Waals surface area contributed by atoms with Gasteiger partial charge in [0.1, 0.15) is 4.60 Å². The fourth-order valence-corrected chi connectivity index (χ4v) is 2.14. The molecular formula is C15H17BrN2. The Bertz CT molecular complexity index is 538. The summed E-state index contributed by atoms with van der Waals surface area (Å²) in [6, 6.07) is 10.6. The van der Waals surface area contributed by atoms with E-state index in [2.05, 4.69) is 63.5 Å². The Balaban J connectivity index is 2.09. The number of aromatic nitrogens is 1. The second-order valence-corrected chi connectivity index (χ2v) is 5.06. The number of benzene rings is 1. The van der Waals surface area contributed by atoms with Crippen molar-refractivity contribution in [3.63, 3.8) is 0 Å². The summed E-state index contributed by atoms with van der Waals surface area (Å²) in [7, 11) is 0. The van der Waals surface area contributed by atoms with Crippen LogP contribution in [-0.2, 0) is 13.0 Å². The molecule has 18 heavy (non-hydrogen) atoms. The van der Waals surface area contributed by atoms with Crippen LogP contribution >= 0.6 is 15.9 Å². The van der Waals surface area contributed by atoms with Gasteiger partial charge in [-0.25, -0.2) is 4.98 Å². The van der Waals surface area contributed by atoms with Gasteiger partial charge in [0.2, 0.25) is 0 Å². The van der Waals surface area contributed by atoms with Gasteiger partial charge < -0.3 is 5.32 Å². The molecule has 3 heteroatoms. The van der Waals surface area contributed by atoms with E-state index in [-0.39, 0.29) is 0 Å². The molecule has 1 aromatic carbocycles. The van der Waals surface area contributed by atoms with Crippen LogP contribution in [0.5, 0.6) is 0 Å². The van der Waals surface area contributed by atoms with Crippen molar-refractivity contribution >= 4 is 21.6 Å². The van der Waals surface area contributed by atoms with Crippen LogP contribution in [0.3, 0.4) is 0 Å². The van der Waals surface area contributed by atoms with E-state index in [9.17, 15) is 0 Å². The third-order valence-corrected chi connectivity index (χ3v) is 3.83. The monoisotopic (exact) mass is 304 g/mol. The van der Waals surface area contributed by atoms with Crippen LogP contribution in [0.1, 0.15) is 23.6 Å². The van der Waals surface area contributed by atoms with Crippen LogP contribution in [0.4, 0.5) is 5.69 Å². The second-order valence-electron chi connectivity index (χ2n) is 4.31. The number of aryl methyl sites for hydroxylation is 2. The number of hydrogen-bond donors (Lipinski definition) is 1. The molecule has 0 aliphatic carbocycles. The Morgan fingerprint density at radius 2 is 1.94 bits per heavy atom. The lowest BCUT2D eigenvalue weighted by atomic mass is 10.1. The lowest BCUT2D eigenvalue weighted by molar-refractivity contribution is 1.04. The molecule has 2 aromatic rings. The molecule has 0 amide bonds. The first-order valence-electron chi connectivity index (χ1n) is 6.13. The molecule has 0 radical (unpaired) electrons. The van der Waals surface area contributed by atoms with Crippen molar-refractivity contribution in [2.45, 2.75) is 26.8 Å². The molecule has 1 heterocycles. The lowest BCUT2D eigenvalue weighted by Crippen LogP contribution is -2.03. The standard InChI is InChI=1S/C15H17BrN2/c1-3-12-6-4-5-7-13(12)9-17-14-8-11(2)15(16)18-10-14/h4-8,10,17H,3,9H2,1-2H3. The van der Waals surface area contributed by atoms with Crippen LogP contribution in [0.15, 0.2) is 41.1 Å². The topological polar surface area (TPSA) is 24.9 Å². The molecule has 2 nitrogen and oxygen atoms in total. The van der Waals surface area contributed by atoms with Crippen molar-refractivity contribution in [3.05, 3.63) is 57.8 Å².